The lowest BCUT2D eigenvalue weighted by Crippen LogP contribution is -2.56. The van der Waals surface area contributed by atoms with Gasteiger partial charge in [0.2, 0.25) is 11.8 Å². The summed E-state index contributed by atoms with van der Waals surface area (Å²) in [7, 11) is 0. The van der Waals surface area contributed by atoms with E-state index in [1.165, 1.54) is 0 Å². The lowest BCUT2D eigenvalue weighted by atomic mass is 9.93. The number of nitrogens with two attached hydrogens (primary N) is 1. The molecule has 146 valence electrons. The number of rotatable bonds is 10. The Morgan fingerprint density at radius 3 is 2.60 bits per heavy atom. The molecule has 25 heavy (non-hydrogen) atoms. The molecule has 4 N–H and O–H groups in total. The maximum absolute atomic E-state index is 12.6. The average molecular weight is 356 g/mol. The molecule has 6 nitrogen and oxygen atoms in total. The van der Waals surface area contributed by atoms with E-state index >= 15 is 0 Å². The van der Waals surface area contributed by atoms with Gasteiger partial charge in [-0.1, -0.05) is 33.6 Å². The number of nitrogens with zero attached hydrogens (tertiary/aromatic N) is 1. The highest BCUT2D eigenvalue weighted by atomic mass is 16.3. The molecule has 0 unspecified atom stereocenters. The Morgan fingerprint density at radius 2 is 2.00 bits per heavy atom. The van der Waals surface area contributed by atoms with Crippen molar-refractivity contribution in [2.24, 2.45) is 17.6 Å². The number of carbonyl (C=O) groups is 2. The van der Waals surface area contributed by atoms with Gasteiger partial charge in [-0.3, -0.25) is 9.59 Å². The molecule has 0 bridgehead atoms. The maximum Gasteiger partial charge on any atom is 0.224 e. The van der Waals surface area contributed by atoms with Gasteiger partial charge in [-0.25, -0.2) is 0 Å². The van der Waals surface area contributed by atoms with Crippen LogP contribution in [0.5, 0.6) is 0 Å². The number of nitrogens with one attached hydrogen (secondary N) is 1. The molecule has 0 aromatic heterocycles. The zero-order chi connectivity index (χ0) is 19.0. The van der Waals surface area contributed by atoms with Crippen molar-refractivity contribution in [2.75, 3.05) is 13.2 Å². The van der Waals surface area contributed by atoms with E-state index in [1.54, 1.807) is 11.8 Å². The van der Waals surface area contributed by atoms with Crippen molar-refractivity contribution < 1.29 is 14.7 Å². The smallest absolute Gasteiger partial charge is 0.224 e. The summed E-state index contributed by atoms with van der Waals surface area (Å²) in [6, 6.07) is -0.273. The fourth-order valence-electron chi connectivity index (χ4n) is 3.48. The van der Waals surface area contributed by atoms with Crippen LogP contribution >= 0.6 is 0 Å². The van der Waals surface area contributed by atoms with Crippen LogP contribution in [0.3, 0.4) is 0 Å². The summed E-state index contributed by atoms with van der Waals surface area (Å²) in [6.07, 6.45) is 5.69. The van der Waals surface area contributed by atoms with Crippen molar-refractivity contribution in [1.82, 2.24) is 10.2 Å². The quantitative estimate of drug-likeness (QED) is 0.558. The molecule has 6 heteroatoms. The molecule has 0 radical (unpaired) electrons. The molecule has 2 amide bonds. The van der Waals surface area contributed by atoms with Crippen molar-refractivity contribution >= 4 is 11.8 Å². The first-order valence-corrected chi connectivity index (χ1v) is 9.74. The molecular weight excluding hydrogens is 318 g/mol. The molecule has 1 aliphatic rings. The van der Waals surface area contributed by atoms with Gasteiger partial charge in [-0.15, -0.1) is 0 Å². The van der Waals surface area contributed by atoms with Crippen LogP contribution < -0.4 is 11.1 Å². The molecule has 1 saturated heterocycles. The Labute approximate surface area is 152 Å². The summed E-state index contributed by atoms with van der Waals surface area (Å²) in [6.45, 7) is 8.56. The average Bonchev–Trinajstić information content (AvgIpc) is 2.95. The Morgan fingerprint density at radius 1 is 1.32 bits per heavy atom. The van der Waals surface area contributed by atoms with Gasteiger partial charge in [0, 0.05) is 24.9 Å². The lowest BCUT2D eigenvalue weighted by Gasteiger charge is -2.37. The number of aliphatic hydroxyl groups excluding tert-OH is 1. The minimum Gasteiger partial charge on any atom is -0.394 e. The van der Waals surface area contributed by atoms with Gasteiger partial charge in [0.15, 0.2) is 0 Å². The second-order valence-corrected chi connectivity index (χ2v) is 7.86. The van der Waals surface area contributed by atoms with Crippen LogP contribution in [0, 0.1) is 11.8 Å². The molecule has 1 fully saturated rings. The predicted molar refractivity (Wildman–Crippen MR) is 99.6 cm³/mol. The third kappa shape index (κ3) is 6.59. The predicted octanol–water partition coefficient (Wildman–Crippen LogP) is 2.00. The fraction of sp³-hybridized carbons (Fsp3) is 0.895. The summed E-state index contributed by atoms with van der Waals surface area (Å²) >= 11 is 0. The van der Waals surface area contributed by atoms with E-state index in [1.807, 2.05) is 6.92 Å². The van der Waals surface area contributed by atoms with Crippen LogP contribution in [0.25, 0.3) is 0 Å². The third-order valence-corrected chi connectivity index (χ3v) is 5.38. The van der Waals surface area contributed by atoms with Gasteiger partial charge in [0.1, 0.15) is 0 Å². The van der Waals surface area contributed by atoms with Gasteiger partial charge in [-0.2, -0.15) is 0 Å². The van der Waals surface area contributed by atoms with Gasteiger partial charge in [-0.05, 0) is 38.5 Å². The zero-order valence-corrected chi connectivity index (χ0v) is 16.4. The highest BCUT2D eigenvalue weighted by Crippen LogP contribution is 2.31. The number of hydrogen-bond donors (Lipinski definition) is 3. The van der Waals surface area contributed by atoms with Gasteiger partial charge in [0.25, 0.3) is 0 Å². The molecular formula is C19H37N3O3. The summed E-state index contributed by atoms with van der Waals surface area (Å²) in [5, 5.41) is 11.8. The fourth-order valence-corrected chi connectivity index (χ4v) is 3.48. The van der Waals surface area contributed by atoms with Crippen LogP contribution in [-0.4, -0.2) is 46.7 Å². The largest absolute Gasteiger partial charge is 0.394 e. The van der Waals surface area contributed by atoms with Crippen molar-refractivity contribution in [3.05, 3.63) is 0 Å². The lowest BCUT2D eigenvalue weighted by molar-refractivity contribution is -0.137. The summed E-state index contributed by atoms with van der Waals surface area (Å²) in [4.78, 5) is 26.6. The van der Waals surface area contributed by atoms with Crippen molar-refractivity contribution in [1.29, 1.82) is 0 Å². The minimum absolute atomic E-state index is 0.0903. The summed E-state index contributed by atoms with van der Waals surface area (Å²) < 4.78 is 0. The Hall–Kier alpha value is -1.14. The maximum atomic E-state index is 12.6. The number of amides is 2. The Bertz CT molecular complexity index is 444. The molecule has 0 saturated carbocycles. The number of carbonyl (C=O) groups excluding carboxylic acids is 2. The van der Waals surface area contributed by atoms with Gasteiger partial charge in [0.05, 0.1) is 12.3 Å². The first-order valence-electron chi connectivity index (χ1n) is 9.74. The molecule has 1 heterocycles. The Kier molecular flexibility index (Phi) is 8.86. The standard InChI is InChI=1S/C19H37N3O3/c1-5-14(2)8-6-9-17(24)22-11-7-10-19(22,20)12-15(3)18(25)21-16(4)13-23/h14-16,23H,5-13,20H2,1-4H3,(H,21,25)/t14-,15+,16+,19-/m0/s1. The Balaban J connectivity index is 2.58. The molecule has 1 rings (SSSR count). The molecule has 4 atom stereocenters. The minimum atomic E-state index is -0.729. The molecule has 0 aliphatic carbocycles. The zero-order valence-electron chi connectivity index (χ0n) is 16.4. The van der Waals surface area contributed by atoms with Gasteiger partial charge >= 0.3 is 0 Å². The SMILES string of the molecule is CC[C@H](C)CCCC(=O)N1CCC[C@@]1(N)C[C@@H](C)C(=O)N[C@H](C)CO. The third-order valence-electron chi connectivity index (χ3n) is 5.38. The highest BCUT2D eigenvalue weighted by molar-refractivity contribution is 5.79. The van der Waals surface area contributed by atoms with Crippen molar-refractivity contribution in [3.8, 4) is 0 Å². The van der Waals surface area contributed by atoms with Crippen LogP contribution in [-0.2, 0) is 9.59 Å². The van der Waals surface area contributed by atoms with E-state index in [0.29, 0.717) is 25.3 Å². The molecule has 0 aromatic carbocycles. The summed E-state index contributed by atoms with van der Waals surface area (Å²) in [5.41, 5.74) is 5.81. The molecule has 0 spiro atoms. The number of aliphatic hydroxyl groups is 1. The molecule has 0 aromatic rings. The highest BCUT2D eigenvalue weighted by Gasteiger charge is 2.41. The second-order valence-electron chi connectivity index (χ2n) is 7.86. The second kappa shape index (κ2) is 10.1. The van der Waals surface area contributed by atoms with E-state index in [0.717, 1.165) is 32.1 Å². The van der Waals surface area contributed by atoms with E-state index < -0.39 is 5.66 Å². The van der Waals surface area contributed by atoms with Gasteiger partial charge < -0.3 is 21.1 Å². The summed E-state index contributed by atoms with van der Waals surface area (Å²) in [5.74, 6) is 0.334. The molecule has 1 aliphatic heterocycles. The first kappa shape index (κ1) is 21.9. The van der Waals surface area contributed by atoms with Crippen LogP contribution in [0.15, 0.2) is 0 Å². The van der Waals surface area contributed by atoms with E-state index in [2.05, 4.69) is 19.2 Å². The van der Waals surface area contributed by atoms with Crippen molar-refractivity contribution in [2.45, 2.75) is 84.3 Å². The normalized spacial score (nSPS) is 24.0. The van der Waals surface area contributed by atoms with E-state index in [9.17, 15) is 9.59 Å². The first-order chi connectivity index (χ1) is 11.7. The monoisotopic (exact) mass is 355 g/mol. The van der Waals surface area contributed by atoms with Crippen LogP contribution in [0.1, 0.15) is 72.6 Å². The van der Waals surface area contributed by atoms with E-state index in [4.69, 9.17) is 10.8 Å². The van der Waals surface area contributed by atoms with Crippen molar-refractivity contribution in [3.63, 3.8) is 0 Å². The van der Waals surface area contributed by atoms with E-state index in [-0.39, 0.29) is 30.4 Å². The number of likely N-dealkylation sites (tertiary alicyclic amines) is 1. The number of hydrogen-bond acceptors (Lipinski definition) is 4. The topological polar surface area (TPSA) is 95.7 Å². The van der Waals surface area contributed by atoms with Crippen LogP contribution in [0.4, 0.5) is 0 Å². The van der Waals surface area contributed by atoms with Crippen LogP contribution in [0.2, 0.25) is 0 Å².